The second kappa shape index (κ2) is 12.6. The fraction of sp³-hybridized carbons (Fsp3) is 0.219. The van der Waals surface area contributed by atoms with Gasteiger partial charge < -0.3 is 9.47 Å². The van der Waals surface area contributed by atoms with Gasteiger partial charge in [-0.2, -0.15) is 5.26 Å². The summed E-state index contributed by atoms with van der Waals surface area (Å²) in [5, 5.41) is 20.6. The number of anilines is 1. The highest BCUT2D eigenvalue weighted by molar-refractivity contribution is 5.83. The number of carbonyl (C=O) groups is 1. The smallest absolute Gasteiger partial charge is 0.414 e. The molecule has 11 heteroatoms. The average molecular weight is 573 g/mol. The molecular weight excluding hydrogens is 544 g/mol. The van der Waals surface area contributed by atoms with Gasteiger partial charge in [-0.05, 0) is 54.7 Å². The van der Waals surface area contributed by atoms with E-state index in [0.29, 0.717) is 40.7 Å². The van der Waals surface area contributed by atoms with Gasteiger partial charge in [0.25, 0.3) is 0 Å². The third-order valence-electron chi connectivity index (χ3n) is 6.99. The summed E-state index contributed by atoms with van der Waals surface area (Å²) >= 11 is 0. The molecule has 6 rings (SSSR count). The first kappa shape index (κ1) is 27.7. The van der Waals surface area contributed by atoms with Crippen molar-refractivity contribution in [2.75, 3.05) is 12.4 Å². The van der Waals surface area contributed by atoms with E-state index in [1.165, 1.54) is 0 Å². The molecule has 1 unspecified atom stereocenters. The van der Waals surface area contributed by atoms with Gasteiger partial charge in [0, 0.05) is 12.7 Å². The topological polar surface area (TPSA) is 141 Å². The van der Waals surface area contributed by atoms with Crippen molar-refractivity contribution < 1.29 is 14.3 Å². The summed E-state index contributed by atoms with van der Waals surface area (Å²) in [5.41, 5.74) is 5.16. The molecule has 2 aromatic carbocycles. The molecule has 5 aromatic rings. The maximum atomic E-state index is 12.6. The van der Waals surface area contributed by atoms with E-state index in [1.807, 2.05) is 54.6 Å². The molecule has 1 fully saturated rings. The zero-order valence-corrected chi connectivity index (χ0v) is 23.4. The highest BCUT2D eigenvalue weighted by atomic mass is 16.5. The molecule has 1 atom stereocenters. The van der Waals surface area contributed by atoms with Gasteiger partial charge in [0.15, 0.2) is 0 Å². The van der Waals surface area contributed by atoms with Gasteiger partial charge in [-0.3, -0.25) is 10.3 Å². The monoisotopic (exact) mass is 572 g/mol. The number of hydrogen-bond acceptors (Lipinski definition) is 9. The Morgan fingerprint density at radius 3 is 2.60 bits per heavy atom. The number of carbonyl (C=O) groups excluding carboxylic acids is 1. The Labute approximate surface area is 248 Å². The second-order valence-electron chi connectivity index (χ2n) is 10.2. The molecular formula is C32H28N8O3. The van der Waals surface area contributed by atoms with E-state index < -0.39 is 6.09 Å². The number of amides is 1. The first-order valence-corrected chi connectivity index (χ1v) is 13.8. The fourth-order valence-electron chi connectivity index (χ4n) is 4.74. The van der Waals surface area contributed by atoms with Crippen molar-refractivity contribution in [2.24, 2.45) is 5.92 Å². The number of hydrogen-bond donors (Lipinski definition) is 1. The number of rotatable bonds is 10. The second-order valence-corrected chi connectivity index (χ2v) is 10.2. The van der Waals surface area contributed by atoms with Crippen LogP contribution in [0.2, 0.25) is 0 Å². The fourth-order valence-corrected chi connectivity index (χ4v) is 4.74. The lowest BCUT2D eigenvalue weighted by Crippen LogP contribution is -2.16. The maximum absolute atomic E-state index is 12.6. The van der Waals surface area contributed by atoms with Crippen molar-refractivity contribution in [1.29, 1.82) is 5.26 Å². The van der Waals surface area contributed by atoms with Crippen molar-refractivity contribution in [1.82, 2.24) is 29.9 Å². The molecule has 0 saturated heterocycles. The van der Waals surface area contributed by atoms with Crippen LogP contribution in [0.5, 0.6) is 0 Å². The zero-order valence-electron chi connectivity index (χ0n) is 23.4. The lowest BCUT2D eigenvalue weighted by Gasteiger charge is -2.14. The van der Waals surface area contributed by atoms with Crippen molar-refractivity contribution in [3.05, 3.63) is 108 Å². The van der Waals surface area contributed by atoms with Crippen LogP contribution in [0.3, 0.4) is 0 Å². The molecule has 0 bridgehead atoms. The van der Waals surface area contributed by atoms with Crippen molar-refractivity contribution in [2.45, 2.75) is 32.1 Å². The normalized spacial score (nSPS) is 13.2. The highest BCUT2D eigenvalue weighted by Gasteiger charge is 2.33. The zero-order chi connectivity index (χ0) is 29.6. The minimum absolute atomic E-state index is 0.00413. The average Bonchev–Trinajstić information content (AvgIpc) is 3.77. The van der Waals surface area contributed by atoms with E-state index in [0.717, 1.165) is 29.8 Å². The molecule has 0 aliphatic heterocycles. The standard InChI is InChI=1S/C32H28N8O3/c1-42-30(23-13-14-23)26-12-6-11-25(34-26)18-40-19-29(38-39-40)28-16-27(24-10-5-9-22(15-24)17-33)35-31(36-28)37-32(41)43-20-21-7-3-2-4-8-21/h2-12,15-16,19,23,30H,13-14,18,20H2,1H3,(H,35,36,37,41). The Hall–Kier alpha value is -5.47. The van der Waals surface area contributed by atoms with Gasteiger partial charge >= 0.3 is 6.09 Å². The molecule has 1 N–H and O–H groups in total. The SMILES string of the molecule is COC(c1cccc(Cn2cc(-c3cc(-c4cccc(C#N)c4)nc(NC(=O)OCc4ccccc4)n3)nn2)n1)C1CC1. The third kappa shape index (κ3) is 6.89. The molecule has 3 heterocycles. The van der Waals surface area contributed by atoms with Crippen LogP contribution in [0.1, 0.15) is 41.5 Å². The van der Waals surface area contributed by atoms with Gasteiger partial charge in [-0.1, -0.05) is 53.7 Å². The van der Waals surface area contributed by atoms with E-state index in [1.54, 1.807) is 42.3 Å². The first-order chi connectivity index (χ1) is 21.1. The predicted octanol–water partition coefficient (Wildman–Crippen LogP) is 5.56. The molecule has 214 valence electrons. The minimum atomic E-state index is -0.701. The Morgan fingerprint density at radius 1 is 1.00 bits per heavy atom. The number of methoxy groups -OCH3 is 1. The summed E-state index contributed by atoms with van der Waals surface area (Å²) in [4.78, 5) is 26.5. The Bertz CT molecular complexity index is 1780. The third-order valence-corrected chi connectivity index (χ3v) is 6.99. The Balaban J connectivity index is 1.25. The molecule has 0 spiro atoms. The van der Waals surface area contributed by atoms with Gasteiger partial charge in [-0.15, -0.1) is 5.10 Å². The lowest BCUT2D eigenvalue weighted by atomic mass is 10.1. The van der Waals surface area contributed by atoms with Gasteiger partial charge in [0.05, 0.1) is 47.1 Å². The van der Waals surface area contributed by atoms with E-state index in [9.17, 15) is 10.1 Å². The number of ether oxygens (including phenoxy) is 2. The van der Waals surface area contributed by atoms with Crippen LogP contribution in [0.15, 0.2) is 85.1 Å². The van der Waals surface area contributed by atoms with Gasteiger partial charge in [0.1, 0.15) is 18.4 Å². The van der Waals surface area contributed by atoms with Crippen molar-refractivity contribution in [3.63, 3.8) is 0 Å². The molecule has 1 amide bonds. The summed E-state index contributed by atoms with van der Waals surface area (Å²) in [6, 6.07) is 26.2. The van der Waals surface area contributed by atoms with E-state index in [4.69, 9.17) is 14.5 Å². The summed E-state index contributed by atoms with van der Waals surface area (Å²) in [6.45, 7) is 0.500. The van der Waals surface area contributed by atoms with Crippen LogP contribution in [-0.2, 0) is 22.6 Å². The summed E-state index contributed by atoms with van der Waals surface area (Å²) in [7, 11) is 1.72. The summed E-state index contributed by atoms with van der Waals surface area (Å²) in [5.74, 6) is 0.549. The number of nitrogens with one attached hydrogen (secondary N) is 1. The highest BCUT2D eigenvalue weighted by Crippen LogP contribution is 2.42. The van der Waals surface area contributed by atoms with Crippen LogP contribution in [0.4, 0.5) is 10.7 Å². The molecule has 43 heavy (non-hydrogen) atoms. The molecule has 11 nitrogen and oxygen atoms in total. The van der Waals surface area contributed by atoms with Gasteiger partial charge in [0.2, 0.25) is 5.95 Å². The maximum Gasteiger partial charge on any atom is 0.414 e. The van der Waals surface area contributed by atoms with Crippen LogP contribution in [-0.4, -0.2) is 43.1 Å². The lowest BCUT2D eigenvalue weighted by molar-refractivity contribution is 0.0809. The molecule has 0 radical (unpaired) electrons. The number of benzene rings is 2. The minimum Gasteiger partial charge on any atom is -0.444 e. The number of aromatic nitrogens is 6. The van der Waals surface area contributed by atoms with Crippen LogP contribution >= 0.6 is 0 Å². The van der Waals surface area contributed by atoms with Crippen LogP contribution in [0.25, 0.3) is 22.6 Å². The molecule has 1 saturated carbocycles. The van der Waals surface area contributed by atoms with Crippen molar-refractivity contribution >= 4 is 12.0 Å². The number of nitrogens with zero attached hydrogens (tertiary/aromatic N) is 7. The number of nitriles is 1. The summed E-state index contributed by atoms with van der Waals surface area (Å²) in [6.07, 6.45) is 3.36. The summed E-state index contributed by atoms with van der Waals surface area (Å²) < 4.78 is 12.7. The Kier molecular flexibility index (Phi) is 8.10. The Morgan fingerprint density at radius 2 is 1.81 bits per heavy atom. The first-order valence-electron chi connectivity index (χ1n) is 13.8. The van der Waals surface area contributed by atoms with E-state index >= 15 is 0 Å². The molecule has 1 aliphatic rings. The van der Waals surface area contributed by atoms with Crippen LogP contribution < -0.4 is 5.32 Å². The predicted molar refractivity (Wildman–Crippen MR) is 157 cm³/mol. The van der Waals surface area contributed by atoms with Crippen molar-refractivity contribution in [3.8, 4) is 28.7 Å². The molecule has 3 aromatic heterocycles. The van der Waals surface area contributed by atoms with Crippen LogP contribution in [0, 0.1) is 17.2 Å². The van der Waals surface area contributed by atoms with Gasteiger partial charge in [-0.25, -0.2) is 19.4 Å². The van der Waals surface area contributed by atoms with E-state index in [-0.39, 0.29) is 18.7 Å². The number of pyridine rings is 1. The molecule has 1 aliphatic carbocycles. The quantitative estimate of drug-likeness (QED) is 0.228. The van der Waals surface area contributed by atoms with E-state index in [2.05, 4.69) is 31.7 Å². The largest absolute Gasteiger partial charge is 0.444 e.